The van der Waals surface area contributed by atoms with Gasteiger partial charge in [0.1, 0.15) is 21.2 Å². The van der Waals surface area contributed by atoms with E-state index >= 15 is 0 Å². The van der Waals surface area contributed by atoms with Crippen LogP contribution in [0.15, 0.2) is 83.4 Å². The number of benzene rings is 2. The minimum absolute atomic E-state index is 0.249. The van der Waals surface area contributed by atoms with Crippen LogP contribution in [0.5, 0.6) is 5.88 Å². The van der Waals surface area contributed by atoms with Gasteiger partial charge in [-0.2, -0.15) is 5.16 Å². The van der Waals surface area contributed by atoms with E-state index in [1.807, 2.05) is 60.7 Å². The molecule has 1 amide bonds. The maximum atomic E-state index is 11.5. The molecule has 0 saturated heterocycles. The van der Waals surface area contributed by atoms with E-state index in [0.29, 0.717) is 32.9 Å². The number of nitrogens with one attached hydrogen (secondary N) is 2. The molecule has 2 aromatic heterocycles. The molecule has 4 rings (SSSR count). The zero-order chi connectivity index (χ0) is 26.1. The molecule has 0 aliphatic rings. The first-order chi connectivity index (χ1) is 17.2. The maximum Gasteiger partial charge on any atom is 0.407 e. The predicted molar refractivity (Wildman–Crippen MR) is 142 cm³/mol. The summed E-state index contributed by atoms with van der Waals surface area (Å²) in [7, 11) is 0. The van der Waals surface area contributed by atoms with Crippen molar-refractivity contribution < 1.29 is 23.3 Å². The summed E-state index contributed by atoms with van der Waals surface area (Å²) in [5.74, 6) is 1.47. The summed E-state index contributed by atoms with van der Waals surface area (Å²) in [5, 5.41) is 8.75. The first-order valence-electron chi connectivity index (χ1n) is 10.9. The van der Waals surface area contributed by atoms with E-state index in [9.17, 15) is 9.59 Å². The predicted octanol–water partition coefficient (Wildman–Crippen LogP) is 6.41. The molecule has 2 heterocycles. The lowest BCUT2D eigenvalue weighted by Crippen LogP contribution is -2.34. The lowest BCUT2D eigenvalue weighted by molar-refractivity contribution is 0.0519. The molecule has 11 heteroatoms. The van der Waals surface area contributed by atoms with Crippen LogP contribution in [0.2, 0.25) is 0 Å². The molecule has 0 saturated carbocycles. The fraction of sp³-hybridized carbons (Fsp3) is 0.240. The van der Waals surface area contributed by atoms with E-state index < -0.39 is 11.7 Å². The van der Waals surface area contributed by atoms with Crippen LogP contribution in [0.25, 0.3) is 22.6 Å². The van der Waals surface area contributed by atoms with E-state index in [-0.39, 0.29) is 12.2 Å². The molecular weight excluding hydrogens is 598 g/mol. The molecule has 0 aliphatic heterocycles. The van der Waals surface area contributed by atoms with Crippen molar-refractivity contribution >= 4 is 38.0 Å². The monoisotopic (exact) mass is 621 g/mol. The topological polar surface area (TPSA) is 120 Å². The Morgan fingerprint density at radius 2 is 1.56 bits per heavy atom. The highest BCUT2D eigenvalue weighted by Crippen LogP contribution is 2.35. The summed E-state index contributed by atoms with van der Waals surface area (Å²) in [6, 6.07) is 19.0. The van der Waals surface area contributed by atoms with Crippen LogP contribution in [0, 0.1) is 0 Å². The third-order valence-electron chi connectivity index (χ3n) is 4.33. The molecule has 0 radical (unpaired) electrons. The molecular formula is C25H25Br2N3O6. The van der Waals surface area contributed by atoms with Crippen LogP contribution in [0.4, 0.5) is 4.79 Å². The Kier molecular flexibility index (Phi) is 9.54. The minimum Gasteiger partial charge on any atom is -0.473 e. The van der Waals surface area contributed by atoms with Crippen LogP contribution in [-0.4, -0.2) is 35.2 Å². The van der Waals surface area contributed by atoms with Crippen molar-refractivity contribution in [3.63, 3.8) is 0 Å². The van der Waals surface area contributed by atoms with Gasteiger partial charge in [0.2, 0.25) is 0 Å². The molecule has 0 unspecified atom stereocenters. The highest BCUT2D eigenvalue weighted by molar-refractivity contribution is 9.11. The Balaban J connectivity index is 0.000000233. The normalized spacial score (nSPS) is 10.8. The Labute approximate surface area is 224 Å². The second-order valence-electron chi connectivity index (χ2n) is 8.32. The number of halogens is 2. The summed E-state index contributed by atoms with van der Waals surface area (Å²) in [6.07, 6.45) is -0.481. The average Bonchev–Trinajstić information content (AvgIpc) is 3.38. The standard InChI is InChI=1S/C16H19BrN2O4.C9H6BrNO2/c1-16(2,3)22-15(20)18-9-10-21-14-12(17)13(23-19-14)11-7-5-4-6-8-11;10-7-8(13-11-9(7)12)6-4-2-1-3-5-6/h4-8H,9-10H2,1-3H3,(H,18,20);1-5H,(H,11,12). The van der Waals surface area contributed by atoms with Crippen LogP contribution < -0.4 is 15.6 Å². The van der Waals surface area contributed by atoms with Crippen molar-refractivity contribution in [3.8, 4) is 28.5 Å². The molecule has 190 valence electrons. The van der Waals surface area contributed by atoms with E-state index in [2.05, 4.69) is 47.5 Å². The van der Waals surface area contributed by atoms with Gasteiger partial charge < -0.3 is 23.8 Å². The van der Waals surface area contributed by atoms with Gasteiger partial charge in [-0.25, -0.2) is 4.79 Å². The van der Waals surface area contributed by atoms with Gasteiger partial charge in [0.25, 0.3) is 11.4 Å². The van der Waals surface area contributed by atoms with Crippen LogP contribution >= 0.6 is 31.9 Å². The number of alkyl carbamates (subject to hydrolysis) is 1. The summed E-state index contributed by atoms with van der Waals surface area (Å²) < 4.78 is 22.0. The molecule has 0 atom stereocenters. The van der Waals surface area contributed by atoms with E-state index in [0.717, 1.165) is 11.1 Å². The summed E-state index contributed by atoms with van der Waals surface area (Å²) in [6.45, 7) is 5.97. The largest absolute Gasteiger partial charge is 0.473 e. The first kappa shape index (κ1) is 27.3. The summed E-state index contributed by atoms with van der Waals surface area (Å²) in [5.41, 5.74) is 0.991. The number of amides is 1. The van der Waals surface area contributed by atoms with E-state index in [1.54, 1.807) is 20.8 Å². The molecule has 0 fully saturated rings. The van der Waals surface area contributed by atoms with Crippen molar-refractivity contribution in [2.75, 3.05) is 13.2 Å². The maximum absolute atomic E-state index is 11.5. The van der Waals surface area contributed by atoms with Gasteiger partial charge >= 0.3 is 6.09 Å². The minimum atomic E-state index is -0.523. The molecule has 0 spiro atoms. The van der Waals surface area contributed by atoms with Crippen molar-refractivity contribution in [3.05, 3.63) is 80.0 Å². The highest BCUT2D eigenvalue weighted by Gasteiger charge is 2.18. The lowest BCUT2D eigenvalue weighted by Gasteiger charge is -2.19. The Bertz CT molecular complexity index is 1310. The van der Waals surface area contributed by atoms with Crippen LogP contribution in [-0.2, 0) is 4.74 Å². The molecule has 4 aromatic rings. The van der Waals surface area contributed by atoms with Gasteiger partial charge in [-0.1, -0.05) is 60.7 Å². The molecule has 9 nitrogen and oxygen atoms in total. The van der Waals surface area contributed by atoms with Crippen molar-refractivity contribution in [2.45, 2.75) is 26.4 Å². The molecule has 2 N–H and O–H groups in total. The number of nitrogens with zero attached hydrogens (tertiary/aromatic N) is 1. The highest BCUT2D eigenvalue weighted by atomic mass is 79.9. The quantitative estimate of drug-likeness (QED) is 0.239. The summed E-state index contributed by atoms with van der Waals surface area (Å²) >= 11 is 6.56. The van der Waals surface area contributed by atoms with Gasteiger partial charge in [-0.15, -0.1) is 0 Å². The number of rotatable bonds is 6. The Morgan fingerprint density at radius 3 is 2.08 bits per heavy atom. The van der Waals surface area contributed by atoms with Crippen molar-refractivity contribution in [2.24, 2.45) is 0 Å². The number of carbonyl (C=O) groups excluding carboxylic acids is 1. The number of hydrogen-bond donors (Lipinski definition) is 2. The van der Waals surface area contributed by atoms with Crippen molar-refractivity contribution in [1.82, 2.24) is 15.6 Å². The van der Waals surface area contributed by atoms with Gasteiger partial charge in [-0.3, -0.25) is 4.79 Å². The molecule has 0 bridgehead atoms. The molecule has 2 aromatic carbocycles. The van der Waals surface area contributed by atoms with Gasteiger partial charge in [0, 0.05) is 11.1 Å². The smallest absolute Gasteiger partial charge is 0.407 e. The first-order valence-corrected chi connectivity index (χ1v) is 12.5. The van der Waals surface area contributed by atoms with Crippen LogP contribution in [0.3, 0.4) is 0 Å². The van der Waals surface area contributed by atoms with Gasteiger partial charge in [0.05, 0.1) is 6.54 Å². The summed E-state index contributed by atoms with van der Waals surface area (Å²) in [4.78, 5) is 22.5. The van der Waals surface area contributed by atoms with Crippen molar-refractivity contribution in [1.29, 1.82) is 0 Å². The number of hydrogen-bond acceptors (Lipinski definition) is 7. The zero-order valence-electron chi connectivity index (χ0n) is 19.8. The Hall–Kier alpha value is -3.31. The number of carbonyl (C=O) groups is 1. The van der Waals surface area contributed by atoms with E-state index in [4.69, 9.17) is 18.5 Å². The second kappa shape index (κ2) is 12.6. The van der Waals surface area contributed by atoms with Gasteiger partial charge in [0.15, 0.2) is 11.5 Å². The number of aromatic nitrogens is 2. The lowest BCUT2D eigenvalue weighted by atomic mass is 10.2. The number of ether oxygens (including phenoxy) is 2. The van der Waals surface area contributed by atoms with Crippen LogP contribution in [0.1, 0.15) is 20.8 Å². The second-order valence-corrected chi connectivity index (χ2v) is 9.90. The third kappa shape index (κ3) is 7.85. The number of H-pyrrole nitrogens is 1. The van der Waals surface area contributed by atoms with Gasteiger partial charge in [-0.05, 0) is 57.8 Å². The average molecular weight is 623 g/mol. The number of aromatic amines is 1. The van der Waals surface area contributed by atoms with E-state index in [1.165, 1.54) is 0 Å². The SMILES string of the molecule is CC(C)(C)OC(=O)NCCOc1noc(-c2ccccc2)c1Br.O=c1[nH]oc(-c2ccccc2)c1Br. The fourth-order valence-corrected chi connectivity index (χ4v) is 3.68. The zero-order valence-corrected chi connectivity index (χ0v) is 23.0. The fourth-order valence-electron chi connectivity index (χ4n) is 2.80. The Morgan fingerprint density at radius 1 is 0.972 bits per heavy atom. The third-order valence-corrected chi connectivity index (χ3v) is 5.75. The molecule has 36 heavy (non-hydrogen) atoms. The molecule has 0 aliphatic carbocycles.